The molecule has 0 bridgehead atoms. The molecule has 0 unspecified atom stereocenters. The van der Waals surface area contributed by atoms with Crippen LogP contribution in [-0.4, -0.2) is 44.1 Å². The molecular formula is C21H33N3O3S. The minimum absolute atomic E-state index is 0.122. The highest BCUT2D eigenvalue weighted by molar-refractivity contribution is 7.88. The van der Waals surface area contributed by atoms with Crippen LogP contribution < -0.4 is 4.72 Å². The lowest BCUT2D eigenvalue weighted by Crippen LogP contribution is -2.37. The van der Waals surface area contributed by atoms with Crippen LogP contribution in [0.15, 0.2) is 36.2 Å². The minimum atomic E-state index is -3.21. The number of carbonyl (C=O) groups excluding carboxylic acids is 1. The fourth-order valence-electron chi connectivity index (χ4n) is 3.98. The summed E-state index contributed by atoms with van der Waals surface area (Å²) in [7, 11) is -1.38. The maximum absolute atomic E-state index is 12.8. The Hall–Kier alpha value is -1.73. The third-order valence-corrected chi connectivity index (χ3v) is 6.35. The smallest absolute Gasteiger partial charge is 0.223 e. The summed E-state index contributed by atoms with van der Waals surface area (Å²) in [6, 6.07) is 3.84. The summed E-state index contributed by atoms with van der Waals surface area (Å²) in [5, 5.41) is 0. The van der Waals surface area contributed by atoms with E-state index in [4.69, 9.17) is 0 Å². The monoisotopic (exact) mass is 407 g/mol. The van der Waals surface area contributed by atoms with E-state index in [1.807, 2.05) is 19.2 Å². The Kier molecular flexibility index (Phi) is 7.78. The molecule has 0 aliphatic heterocycles. The third kappa shape index (κ3) is 6.71. The molecule has 1 aromatic rings. The Morgan fingerprint density at radius 1 is 1.39 bits per heavy atom. The summed E-state index contributed by atoms with van der Waals surface area (Å²) in [4.78, 5) is 18.6. The lowest BCUT2D eigenvalue weighted by atomic mass is 9.70. The summed E-state index contributed by atoms with van der Waals surface area (Å²) in [5.74, 6) is 1.25. The first-order chi connectivity index (χ1) is 13.1. The number of carbonyl (C=O) groups is 1. The molecule has 1 aliphatic carbocycles. The van der Waals surface area contributed by atoms with E-state index in [0.717, 1.165) is 12.0 Å². The van der Waals surface area contributed by atoms with E-state index in [0.29, 0.717) is 31.3 Å². The lowest BCUT2D eigenvalue weighted by Gasteiger charge is -2.37. The Balaban J connectivity index is 2.03. The van der Waals surface area contributed by atoms with E-state index >= 15 is 0 Å². The maximum atomic E-state index is 12.8. The number of nitrogens with one attached hydrogen (secondary N) is 1. The van der Waals surface area contributed by atoms with E-state index in [2.05, 4.69) is 36.6 Å². The summed E-state index contributed by atoms with van der Waals surface area (Å²) < 4.78 is 25.6. The molecule has 3 atom stereocenters. The van der Waals surface area contributed by atoms with Crippen molar-refractivity contribution >= 4 is 15.9 Å². The highest BCUT2D eigenvalue weighted by Gasteiger charge is 2.33. The van der Waals surface area contributed by atoms with E-state index in [9.17, 15) is 13.2 Å². The van der Waals surface area contributed by atoms with Crippen LogP contribution in [0, 0.1) is 23.7 Å². The molecule has 6 nitrogen and oxygen atoms in total. The SMILES string of the molecule is CC1=C[C@@H](CNS(C)(=O)=O)[C@H](C(C)C)C[C@H]1CC(=O)N(C)Cc1cccnc1. The summed E-state index contributed by atoms with van der Waals surface area (Å²) in [6.07, 6.45) is 8.26. The molecule has 0 saturated heterocycles. The van der Waals surface area contributed by atoms with Gasteiger partial charge in [0.15, 0.2) is 0 Å². The maximum Gasteiger partial charge on any atom is 0.223 e. The van der Waals surface area contributed by atoms with Crippen molar-refractivity contribution in [2.75, 3.05) is 19.8 Å². The summed E-state index contributed by atoms with van der Waals surface area (Å²) >= 11 is 0. The van der Waals surface area contributed by atoms with Gasteiger partial charge in [-0.05, 0) is 48.6 Å². The van der Waals surface area contributed by atoms with Crippen LogP contribution in [-0.2, 0) is 21.4 Å². The van der Waals surface area contributed by atoms with Crippen LogP contribution in [0.4, 0.5) is 0 Å². The van der Waals surface area contributed by atoms with Gasteiger partial charge < -0.3 is 4.90 Å². The van der Waals surface area contributed by atoms with E-state index in [1.165, 1.54) is 11.8 Å². The zero-order valence-corrected chi connectivity index (χ0v) is 18.4. The van der Waals surface area contributed by atoms with Crippen LogP contribution in [0.25, 0.3) is 0 Å². The normalized spacial score (nSPS) is 22.8. The van der Waals surface area contributed by atoms with Crippen molar-refractivity contribution in [3.63, 3.8) is 0 Å². The molecule has 156 valence electrons. The Morgan fingerprint density at radius 3 is 2.68 bits per heavy atom. The number of nitrogens with zero attached hydrogens (tertiary/aromatic N) is 2. The predicted octanol–water partition coefficient (Wildman–Crippen LogP) is 2.83. The van der Waals surface area contributed by atoms with Gasteiger partial charge in [-0.15, -0.1) is 0 Å². The highest BCUT2D eigenvalue weighted by Crippen LogP contribution is 2.39. The number of sulfonamides is 1. The fourth-order valence-corrected chi connectivity index (χ4v) is 4.47. The minimum Gasteiger partial charge on any atom is -0.341 e. The van der Waals surface area contributed by atoms with Crippen molar-refractivity contribution in [3.05, 3.63) is 41.7 Å². The lowest BCUT2D eigenvalue weighted by molar-refractivity contribution is -0.131. The standard InChI is InChI=1S/C21H33N3O3S/c1-15(2)20-10-18(16(3)9-19(20)13-23-28(5,26)27)11-21(25)24(4)14-17-7-6-8-22-12-17/h6-9,12,15,18-20,23H,10-11,13-14H2,1-5H3/t18-,19-,20-/m0/s1. The molecule has 0 spiro atoms. The number of hydrogen-bond donors (Lipinski definition) is 1. The van der Waals surface area contributed by atoms with Crippen molar-refractivity contribution in [3.8, 4) is 0 Å². The van der Waals surface area contributed by atoms with Crippen molar-refractivity contribution < 1.29 is 13.2 Å². The van der Waals surface area contributed by atoms with Crippen molar-refractivity contribution in [2.24, 2.45) is 23.7 Å². The Bertz CT molecular complexity index is 790. The number of amides is 1. The quantitative estimate of drug-likeness (QED) is 0.672. The zero-order valence-electron chi connectivity index (χ0n) is 17.6. The predicted molar refractivity (Wildman–Crippen MR) is 112 cm³/mol. The van der Waals surface area contributed by atoms with Gasteiger partial charge in [0, 0.05) is 39.0 Å². The van der Waals surface area contributed by atoms with Gasteiger partial charge in [0.1, 0.15) is 0 Å². The molecule has 1 N–H and O–H groups in total. The topological polar surface area (TPSA) is 79.4 Å². The van der Waals surface area contributed by atoms with Crippen LogP contribution in [0.5, 0.6) is 0 Å². The average molecular weight is 408 g/mol. The Labute approximate surface area is 169 Å². The van der Waals surface area contributed by atoms with Crippen LogP contribution in [0.3, 0.4) is 0 Å². The molecule has 7 heteroatoms. The second-order valence-electron chi connectivity index (χ2n) is 8.35. The van der Waals surface area contributed by atoms with Gasteiger partial charge >= 0.3 is 0 Å². The first kappa shape index (κ1) is 22.6. The van der Waals surface area contributed by atoms with E-state index in [-0.39, 0.29) is 17.7 Å². The van der Waals surface area contributed by atoms with Crippen LogP contribution in [0.2, 0.25) is 0 Å². The summed E-state index contributed by atoms with van der Waals surface area (Å²) in [5.41, 5.74) is 2.20. The van der Waals surface area contributed by atoms with E-state index in [1.54, 1.807) is 17.3 Å². The van der Waals surface area contributed by atoms with Gasteiger partial charge in [-0.2, -0.15) is 0 Å². The molecular weight excluding hydrogens is 374 g/mol. The number of pyridine rings is 1. The first-order valence-corrected chi connectivity index (χ1v) is 11.7. The molecule has 0 saturated carbocycles. The van der Waals surface area contributed by atoms with Gasteiger partial charge in [-0.1, -0.05) is 31.6 Å². The molecule has 1 aromatic heterocycles. The molecule has 28 heavy (non-hydrogen) atoms. The molecule has 1 aliphatic rings. The molecule has 0 fully saturated rings. The summed E-state index contributed by atoms with van der Waals surface area (Å²) in [6.45, 7) is 7.36. The number of allylic oxidation sites excluding steroid dienone is 1. The van der Waals surface area contributed by atoms with Crippen molar-refractivity contribution in [2.45, 2.75) is 40.2 Å². The van der Waals surface area contributed by atoms with Gasteiger partial charge in [-0.25, -0.2) is 13.1 Å². The molecule has 1 amide bonds. The van der Waals surface area contributed by atoms with Gasteiger partial charge in [-0.3, -0.25) is 9.78 Å². The second-order valence-corrected chi connectivity index (χ2v) is 10.2. The average Bonchev–Trinajstić information content (AvgIpc) is 2.61. The van der Waals surface area contributed by atoms with Gasteiger partial charge in [0.25, 0.3) is 0 Å². The first-order valence-electron chi connectivity index (χ1n) is 9.82. The van der Waals surface area contributed by atoms with Crippen molar-refractivity contribution in [1.82, 2.24) is 14.6 Å². The largest absolute Gasteiger partial charge is 0.341 e. The van der Waals surface area contributed by atoms with Gasteiger partial charge in [0.2, 0.25) is 15.9 Å². The van der Waals surface area contributed by atoms with Gasteiger partial charge in [0.05, 0.1) is 6.26 Å². The van der Waals surface area contributed by atoms with Crippen LogP contribution >= 0.6 is 0 Å². The third-order valence-electron chi connectivity index (χ3n) is 5.65. The molecule has 1 heterocycles. The fraction of sp³-hybridized carbons (Fsp3) is 0.619. The Morgan fingerprint density at radius 2 is 2.11 bits per heavy atom. The van der Waals surface area contributed by atoms with Crippen molar-refractivity contribution in [1.29, 1.82) is 0 Å². The van der Waals surface area contributed by atoms with E-state index < -0.39 is 10.0 Å². The second kappa shape index (κ2) is 9.65. The molecule has 2 rings (SSSR count). The van der Waals surface area contributed by atoms with Crippen LogP contribution in [0.1, 0.15) is 39.2 Å². The number of rotatable bonds is 8. The highest BCUT2D eigenvalue weighted by atomic mass is 32.2. The number of aromatic nitrogens is 1. The number of hydrogen-bond acceptors (Lipinski definition) is 4. The zero-order chi connectivity index (χ0) is 20.9. The molecule has 0 aromatic carbocycles. The molecule has 0 radical (unpaired) electrons.